The molecule has 8 aromatic rings. The van der Waals surface area contributed by atoms with Crippen LogP contribution in [0.2, 0.25) is 0 Å². The van der Waals surface area contributed by atoms with Crippen LogP contribution in [0.25, 0.3) is 72.7 Å². The van der Waals surface area contributed by atoms with E-state index in [0.717, 1.165) is 33.4 Å². The quantitative estimate of drug-likeness (QED) is 0.139. The molecule has 0 fully saturated rings. The standard InChI is InChI=1S/C58H60N3O.Pt/c1-35(2)42-32-50(38(7)8)56(62)51(33-42)57-60-55-49(43-29-44(31-45(30-43)58(9,10)11)52-34-41(27-28-59-52)39-17-13-12-14-18-39)21-16-22-53(55)61(57)46-25-23-40(24-26-46)54-47(36(3)4)19-15-20-48(54)37(5)6;/h12-28,30-38,62H,1-11H3;/q-1;/i12D,13D,14D,17D,18D,35D,36D,37D,38D;. The minimum Gasteiger partial charge on any atom is -0.507 e. The molecule has 0 aliphatic heterocycles. The van der Waals surface area contributed by atoms with Gasteiger partial charge in [-0.2, -0.15) is 0 Å². The number of aromatic nitrogens is 3. The molecule has 1 N–H and O–H groups in total. The van der Waals surface area contributed by atoms with Crippen molar-refractivity contribution in [3.05, 3.63) is 167 Å². The van der Waals surface area contributed by atoms with Crippen molar-refractivity contribution in [1.29, 1.82) is 0 Å². The van der Waals surface area contributed by atoms with E-state index in [2.05, 4.69) is 32.9 Å². The zero-order chi connectivity index (χ0) is 52.1. The smallest absolute Gasteiger partial charge is 0.148 e. The first-order valence-electron chi connectivity index (χ1n) is 25.6. The molecule has 324 valence electrons. The Morgan fingerprint density at radius 1 is 0.651 bits per heavy atom. The second kappa shape index (κ2) is 18.3. The summed E-state index contributed by atoms with van der Waals surface area (Å²) in [6, 6.07) is 32.3. The Kier molecular flexibility index (Phi) is 10.1. The zero-order valence-electron chi connectivity index (χ0n) is 46.9. The fraction of sp³-hybridized carbons (Fsp3) is 0.276. The minimum atomic E-state index is -1.24. The fourth-order valence-electron chi connectivity index (χ4n) is 8.12. The van der Waals surface area contributed by atoms with E-state index in [0.29, 0.717) is 61.6 Å². The van der Waals surface area contributed by atoms with Crippen LogP contribution in [0.4, 0.5) is 0 Å². The van der Waals surface area contributed by atoms with E-state index in [9.17, 15) is 5.11 Å². The van der Waals surface area contributed by atoms with Crippen LogP contribution in [0.1, 0.15) is 140 Å². The average molecular weight is 1020 g/mol. The third kappa shape index (κ3) is 8.98. The summed E-state index contributed by atoms with van der Waals surface area (Å²) in [5, 5.41) is 12.3. The largest absolute Gasteiger partial charge is 0.507 e. The van der Waals surface area contributed by atoms with Crippen molar-refractivity contribution in [3.63, 3.8) is 0 Å². The molecule has 0 radical (unpaired) electrons. The van der Waals surface area contributed by atoms with Gasteiger partial charge in [0, 0.05) is 44.1 Å². The molecule has 0 amide bonds. The monoisotopic (exact) mass is 1020 g/mol. The molecule has 8 rings (SSSR count). The Bertz CT molecular complexity index is 3340. The maximum Gasteiger partial charge on any atom is 0.148 e. The molecule has 6 aromatic carbocycles. The summed E-state index contributed by atoms with van der Waals surface area (Å²) in [6.07, 6.45) is 1.56. The number of phenolic OH excluding ortho intramolecular Hbond substituents is 1. The van der Waals surface area contributed by atoms with Crippen LogP contribution in [-0.2, 0) is 26.5 Å². The van der Waals surface area contributed by atoms with E-state index >= 15 is 0 Å². The number of hydrogen-bond donors (Lipinski definition) is 1. The number of benzene rings is 6. The molecule has 0 unspecified atom stereocenters. The maximum atomic E-state index is 12.3. The minimum absolute atomic E-state index is 0. The molecule has 5 heteroatoms. The number of para-hydroxylation sites is 1. The summed E-state index contributed by atoms with van der Waals surface area (Å²) < 4.78 is 80.6. The molecule has 0 saturated heterocycles. The predicted molar refractivity (Wildman–Crippen MR) is 262 cm³/mol. The molecule has 0 bridgehead atoms. The first-order valence-corrected chi connectivity index (χ1v) is 21.1. The number of phenols is 1. The van der Waals surface area contributed by atoms with Crippen LogP contribution in [-0.4, -0.2) is 19.6 Å². The van der Waals surface area contributed by atoms with E-state index < -0.39 is 41.7 Å². The molecule has 0 saturated carbocycles. The molecule has 2 heterocycles. The van der Waals surface area contributed by atoms with Crippen molar-refractivity contribution in [3.8, 4) is 67.5 Å². The van der Waals surface area contributed by atoms with Crippen molar-refractivity contribution < 1.29 is 38.5 Å². The van der Waals surface area contributed by atoms with Gasteiger partial charge in [-0.15, -0.1) is 29.3 Å². The van der Waals surface area contributed by atoms with Crippen LogP contribution >= 0.6 is 0 Å². The summed E-state index contributed by atoms with van der Waals surface area (Å²) in [5.41, 5.74) is 10.2. The van der Waals surface area contributed by atoms with Crippen molar-refractivity contribution in [2.75, 3.05) is 0 Å². The van der Waals surface area contributed by atoms with E-state index in [1.165, 1.54) is 0 Å². The molecule has 0 aliphatic carbocycles. The molecular weight excluding hydrogens is 950 g/mol. The molecule has 0 aliphatic rings. The van der Waals surface area contributed by atoms with E-state index in [-0.39, 0.29) is 49.9 Å². The molecule has 0 atom stereocenters. The van der Waals surface area contributed by atoms with Crippen LogP contribution < -0.4 is 0 Å². The van der Waals surface area contributed by atoms with Gasteiger partial charge >= 0.3 is 0 Å². The van der Waals surface area contributed by atoms with Gasteiger partial charge in [0.15, 0.2) is 0 Å². The number of rotatable bonds is 10. The first kappa shape index (κ1) is 34.9. The van der Waals surface area contributed by atoms with Gasteiger partial charge < -0.3 is 5.11 Å². The Hall–Kier alpha value is -5.57. The Morgan fingerprint density at radius 2 is 1.29 bits per heavy atom. The van der Waals surface area contributed by atoms with Crippen LogP contribution in [0.5, 0.6) is 5.75 Å². The summed E-state index contributed by atoms with van der Waals surface area (Å²) >= 11 is 0. The number of hydrogen-bond acceptors (Lipinski definition) is 3. The zero-order valence-corrected chi connectivity index (χ0v) is 40.2. The predicted octanol–water partition coefficient (Wildman–Crippen LogP) is 16.0. The average Bonchev–Trinajstić information content (AvgIpc) is 3.68. The number of aromatic hydroxyl groups is 1. The van der Waals surface area contributed by atoms with Gasteiger partial charge in [-0.05, 0) is 104 Å². The maximum absolute atomic E-state index is 12.3. The van der Waals surface area contributed by atoms with E-state index in [4.69, 9.17) is 22.3 Å². The summed E-state index contributed by atoms with van der Waals surface area (Å²) in [6.45, 7) is 20.7. The first-order chi connectivity index (χ1) is 32.9. The number of imidazole rings is 1. The summed E-state index contributed by atoms with van der Waals surface area (Å²) in [7, 11) is 0. The van der Waals surface area contributed by atoms with Gasteiger partial charge in [0.1, 0.15) is 11.6 Å². The topological polar surface area (TPSA) is 50.9 Å². The number of fused-ring (bicyclic) bond motifs is 1. The van der Waals surface area contributed by atoms with E-state index in [1.54, 1.807) is 58.2 Å². The third-order valence-corrected chi connectivity index (χ3v) is 11.6. The van der Waals surface area contributed by atoms with Crippen LogP contribution in [0, 0.1) is 6.07 Å². The normalized spacial score (nSPS) is 14.6. The van der Waals surface area contributed by atoms with Gasteiger partial charge in [0.05, 0.1) is 23.5 Å². The number of pyridine rings is 1. The van der Waals surface area contributed by atoms with Gasteiger partial charge in [0.25, 0.3) is 0 Å². The number of nitrogens with zero attached hydrogens (tertiary/aromatic N) is 3. The molecule has 63 heavy (non-hydrogen) atoms. The summed E-state index contributed by atoms with van der Waals surface area (Å²) in [4.78, 5) is 10.1. The SMILES string of the molecule is [2H]c1c([2H])c([2H])c(-c2ccnc(-c3[c-]c(-c4cccc5c4nc(-c4cc(C([2H])(C)C)cc(C([2H])(C)C)c4O)n5-c4ccc(-c5c(C([2H])(C)C)cccc5C([2H])(C)C)cc4)cc(C(C)(C)C)c3)c2)c([2H])c1[2H].[Pt]. The van der Waals surface area contributed by atoms with Crippen molar-refractivity contribution in [2.24, 2.45) is 0 Å². The molecule has 4 nitrogen and oxygen atoms in total. The Labute approximate surface area is 402 Å². The second-order valence-electron chi connectivity index (χ2n) is 18.0. The molecular formula is C58H60N3OPt-. The van der Waals surface area contributed by atoms with Gasteiger partial charge in [-0.25, -0.2) is 4.98 Å². The third-order valence-electron chi connectivity index (χ3n) is 11.6. The Balaban J connectivity index is 0.00000760. The van der Waals surface area contributed by atoms with Gasteiger partial charge in [0.2, 0.25) is 0 Å². The van der Waals surface area contributed by atoms with E-state index in [1.807, 2.05) is 99.0 Å². The summed E-state index contributed by atoms with van der Waals surface area (Å²) in [5.74, 6) is -3.98. The fourth-order valence-corrected chi connectivity index (χ4v) is 8.12. The molecule has 0 spiro atoms. The van der Waals surface area contributed by atoms with Crippen molar-refractivity contribution in [1.82, 2.24) is 14.5 Å². The van der Waals surface area contributed by atoms with Crippen molar-refractivity contribution >= 4 is 11.0 Å². The van der Waals surface area contributed by atoms with Gasteiger partial charge in [-0.1, -0.05) is 172 Å². The second-order valence-corrected chi connectivity index (χ2v) is 18.0. The molecule has 2 aromatic heterocycles. The van der Waals surface area contributed by atoms with Crippen LogP contribution in [0.3, 0.4) is 0 Å². The van der Waals surface area contributed by atoms with Crippen molar-refractivity contribution in [2.45, 2.75) is 105 Å². The van der Waals surface area contributed by atoms with Gasteiger partial charge in [-0.3, -0.25) is 9.55 Å². The Morgan fingerprint density at radius 3 is 1.90 bits per heavy atom. The van der Waals surface area contributed by atoms with Crippen LogP contribution in [0.15, 0.2) is 133 Å².